The van der Waals surface area contributed by atoms with Crippen molar-refractivity contribution in [2.45, 2.75) is 32.7 Å². The van der Waals surface area contributed by atoms with Gasteiger partial charge in [0.05, 0.1) is 11.3 Å². The van der Waals surface area contributed by atoms with E-state index in [0.29, 0.717) is 5.69 Å². The first-order valence-electron chi connectivity index (χ1n) is 8.81. The van der Waals surface area contributed by atoms with Crippen LogP contribution in [0.1, 0.15) is 25.0 Å². The van der Waals surface area contributed by atoms with Gasteiger partial charge in [-0.3, -0.25) is 4.79 Å². The normalized spacial score (nSPS) is 17.1. The van der Waals surface area contributed by atoms with Gasteiger partial charge in [0.2, 0.25) is 0 Å². The Bertz CT molecular complexity index is 930. The fraction of sp³-hybridized carbons (Fsp3) is 0.300. The quantitative estimate of drug-likeness (QED) is 0.683. The van der Waals surface area contributed by atoms with E-state index < -0.39 is 23.8 Å². The summed E-state index contributed by atoms with van der Waals surface area (Å²) in [5.74, 6) is -0.142. The molecule has 1 atom stereocenters. The highest BCUT2D eigenvalue weighted by molar-refractivity contribution is 6.31. The number of nitrogens with one attached hydrogen (secondary N) is 1. The first-order chi connectivity index (χ1) is 13.6. The molecule has 1 aliphatic heterocycles. The molecule has 0 aromatic heterocycles. The zero-order chi connectivity index (χ0) is 21.3. The average Bonchev–Trinajstić information content (AvgIpc) is 2.95. The van der Waals surface area contributed by atoms with Crippen LogP contribution >= 0.6 is 11.6 Å². The van der Waals surface area contributed by atoms with Crippen molar-refractivity contribution in [3.05, 3.63) is 58.6 Å². The maximum atomic E-state index is 13.2. The Labute approximate surface area is 170 Å². The lowest BCUT2D eigenvalue weighted by molar-refractivity contribution is -0.138. The largest absolute Gasteiger partial charge is 0.489 e. The summed E-state index contributed by atoms with van der Waals surface area (Å²) in [6.45, 7) is 3.27. The highest BCUT2D eigenvalue weighted by atomic mass is 35.5. The minimum Gasteiger partial charge on any atom is -0.489 e. The number of rotatable bonds is 5. The molecule has 0 saturated carbocycles. The second-order valence-electron chi connectivity index (χ2n) is 6.89. The molecule has 1 heterocycles. The zero-order valence-electron chi connectivity index (χ0n) is 15.6. The summed E-state index contributed by atoms with van der Waals surface area (Å²) >= 11 is 5.92. The van der Waals surface area contributed by atoms with Gasteiger partial charge in [-0.1, -0.05) is 31.5 Å². The minimum absolute atomic E-state index is 0.0458. The number of urea groups is 1. The van der Waals surface area contributed by atoms with Crippen LogP contribution in [0.4, 0.5) is 23.7 Å². The van der Waals surface area contributed by atoms with Crippen molar-refractivity contribution in [2.24, 2.45) is 5.92 Å². The molecule has 2 aromatic carbocycles. The summed E-state index contributed by atoms with van der Waals surface area (Å²) in [6, 6.07) is 8.35. The predicted octanol–water partition coefficient (Wildman–Crippen LogP) is 5.02. The van der Waals surface area contributed by atoms with Gasteiger partial charge in [-0.2, -0.15) is 13.2 Å². The fourth-order valence-corrected chi connectivity index (χ4v) is 3.24. The Balaban J connectivity index is 1.75. The van der Waals surface area contributed by atoms with Gasteiger partial charge in [0, 0.05) is 10.6 Å². The van der Waals surface area contributed by atoms with E-state index in [1.807, 2.05) is 13.8 Å². The summed E-state index contributed by atoms with van der Waals surface area (Å²) in [5.41, 5.74) is -0.683. The Kier molecular flexibility index (Phi) is 5.75. The van der Waals surface area contributed by atoms with E-state index >= 15 is 0 Å². The molecule has 0 bridgehead atoms. The zero-order valence-corrected chi connectivity index (χ0v) is 16.3. The number of halogens is 4. The smallest absolute Gasteiger partial charge is 0.416 e. The van der Waals surface area contributed by atoms with E-state index in [4.69, 9.17) is 16.3 Å². The van der Waals surface area contributed by atoms with Crippen molar-refractivity contribution in [1.29, 1.82) is 0 Å². The summed E-state index contributed by atoms with van der Waals surface area (Å²) in [6.07, 6.45) is -4.55. The van der Waals surface area contributed by atoms with Gasteiger partial charge in [-0.05, 0) is 42.3 Å². The molecule has 1 unspecified atom stereocenters. The molecule has 3 rings (SSSR count). The molecule has 0 aliphatic carbocycles. The molecule has 5 nitrogen and oxygen atoms in total. The van der Waals surface area contributed by atoms with Gasteiger partial charge in [0.1, 0.15) is 18.4 Å². The lowest BCUT2D eigenvalue weighted by Crippen LogP contribution is -2.34. The molecule has 0 spiro atoms. The number of hydrogen-bond donors (Lipinski definition) is 1. The molecule has 154 valence electrons. The lowest BCUT2D eigenvalue weighted by atomic mass is 10.0. The highest BCUT2D eigenvalue weighted by Crippen LogP contribution is 2.35. The van der Waals surface area contributed by atoms with Crippen LogP contribution in [0.2, 0.25) is 5.02 Å². The van der Waals surface area contributed by atoms with Crippen molar-refractivity contribution in [1.82, 2.24) is 5.32 Å². The summed E-state index contributed by atoms with van der Waals surface area (Å²) in [4.78, 5) is 25.6. The summed E-state index contributed by atoms with van der Waals surface area (Å²) in [5, 5.41) is 2.58. The lowest BCUT2D eigenvalue weighted by Gasteiger charge is -2.16. The maximum absolute atomic E-state index is 13.2. The van der Waals surface area contributed by atoms with Gasteiger partial charge in [-0.15, -0.1) is 0 Å². The Morgan fingerprint density at radius 3 is 2.34 bits per heavy atom. The van der Waals surface area contributed by atoms with Crippen LogP contribution in [-0.4, -0.2) is 18.0 Å². The van der Waals surface area contributed by atoms with Crippen molar-refractivity contribution in [3.8, 4) is 5.75 Å². The second-order valence-corrected chi connectivity index (χ2v) is 7.30. The van der Waals surface area contributed by atoms with E-state index in [9.17, 15) is 22.8 Å². The number of benzene rings is 2. The van der Waals surface area contributed by atoms with Gasteiger partial charge >= 0.3 is 12.2 Å². The van der Waals surface area contributed by atoms with E-state index in [1.54, 1.807) is 0 Å². The Morgan fingerprint density at radius 2 is 1.79 bits per heavy atom. The van der Waals surface area contributed by atoms with E-state index in [2.05, 4.69) is 5.32 Å². The third kappa shape index (κ3) is 4.32. The molecule has 3 amide bonds. The van der Waals surface area contributed by atoms with E-state index in [0.717, 1.165) is 11.0 Å². The molecule has 0 radical (unpaired) electrons. The van der Waals surface area contributed by atoms with Crippen LogP contribution in [0.5, 0.6) is 5.75 Å². The molecule has 1 aliphatic rings. The van der Waals surface area contributed by atoms with Crippen molar-refractivity contribution in [3.63, 3.8) is 0 Å². The van der Waals surface area contributed by atoms with Crippen LogP contribution in [0.25, 0.3) is 0 Å². The molecular weight excluding hydrogens is 409 g/mol. The van der Waals surface area contributed by atoms with Gasteiger partial charge in [-0.25, -0.2) is 9.69 Å². The number of carbonyl (C=O) groups excluding carboxylic acids is 2. The molecule has 1 fully saturated rings. The molecule has 1 saturated heterocycles. The summed E-state index contributed by atoms with van der Waals surface area (Å²) < 4.78 is 44.9. The number of hydrogen-bond acceptors (Lipinski definition) is 3. The Morgan fingerprint density at radius 1 is 1.14 bits per heavy atom. The highest BCUT2D eigenvalue weighted by Gasteiger charge is 2.40. The monoisotopic (exact) mass is 426 g/mol. The fourth-order valence-electron chi connectivity index (χ4n) is 3.01. The summed E-state index contributed by atoms with van der Waals surface area (Å²) in [7, 11) is 0. The number of carbonyl (C=O) groups is 2. The third-order valence-electron chi connectivity index (χ3n) is 4.54. The SMILES string of the molecule is CC(C)C1NC(=O)N(c2ccc(OCc3c(Cl)cccc3C(F)(F)F)cc2)C1=O. The standard InChI is InChI=1S/C20H18ClF3N2O3/c1-11(2)17-18(27)26(19(28)25-17)12-6-8-13(9-7-12)29-10-14-15(20(22,23)24)4-3-5-16(14)21/h3-9,11,17H,10H2,1-2H3,(H,25,28). The van der Waals surface area contributed by atoms with Crippen LogP contribution in [0, 0.1) is 5.92 Å². The number of anilines is 1. The maximum Gasteiger partial charge on any atom is 0.416 e. The number of imide groups is 1. The first kappa shape index (κ1) is 21.0. The van der Waals surface area contributed by atoms with E-state index in [-0.39, 0.29) is 34.8 Å². The molecule has 1 N–H and O–H groups in total. The Hall–Kier alpha value is -2.74. The molecule has 29 heavy (non-hydrogen) atoms. The van der Waals surface area contributed by atoms with Gasteiger partial charge in [0.15, 0.2) is 0 Å². The minimum atomic E-state index is -4.55. The van der Waals surface area contributed by atoms with Crippen LogP contribution in [0.15, 0.2) is 42.5 Å². The number of ether oxygens (including phenoxy) is 1. The average molecular weight is 427 g/mol. The predicted molar refractivity (Wildman–Crippen MR) is 102 cm³/mol. The third-order valence-corrected chi connectivity index (χ3v) is 4.89. The van der Waals surface area contributed by atoms with E-state index in [1.165, 1.54) is 36.4 Å². The first-order valence-corrected chi connectivity index (χ1v) is 9.19. The number of amides is 3. The molecule has 2 aromatic rings. The molecular formula is C20H18ClF3N2O3. The second kappa shape index (κ2) is 7.94. The van der Waals surface area contributed by atoms with Crippen molar-refractivity contribution in [2.75, 3.05) is 4.90 Å². The topological polar surface area (TPSA) is 58.6 Å². The van der Waals surface area contributed by atoms with Crippen LogP contribution in [0.3, 0.4) is 0 Å². The van der Waals surface area contributed by atoms with Gasteiger partial charge in [0.25, 0.3) is 5.91 Å². The number of alkyl halides is 3. The number of nitrogens with zero attached hydrogens (tertiary/aromatic N) is 1. The van der Waals surface area contributed by atoms with Crippen molar-refractivity contribution >= 4 is 29.2 Å². The van der Waals surface area contributed by atoms with Crippen LogP contribution < -0.4 is 15.0 Å². The van der Waals surface area contributed by atoms with Gasteiger partial charge < -0.3 is 10.1 Å². The molecule has 9 heteroatoms. The van der Waals surface area contributed by atoms with Crippen LogP contribution in [-0.2, 0) is 17.6 Å². The van der Waals surface area contributed by atoms with Crippen molar-refractivity contribution < 1.29 is 27.5 Å².